The summed E-state index contributed by atoms with van der Waals surface area (Å²) in [6.07, 6.45) is 21.4. The zero-order valence-corrected chi connectivity index (χ0v) is 16.5. The standard InChI is InChI=1S/C21H37N3O2/c1-2-3-4-5-6-7-8-9-10-11-12-13-14-20-23-16-18-24(20,17-15-22)19-21(25)26/h2-3,16,18H,4-15,17,19,22H2,1H3/b3-2+. The molecule has 0 aromatic heterocycles. The van der Waals surface area contributed by atoms with Crippen LogP contribution in [0.4, 0.5) is 0 Å². The first kappa shape index (κ1) is 22.6. The molecule has 0 aromatic carbocycles. The molecule has 0 aromatic rings. The van der Waals surface area contributed by atoms with E-state index in [9.17, 15) is 9.90 Å². The van der Waals surface area contributed by atoms with Gasteiger partial charge in [-0.3, -0.25) is 0 Å². The molecule has 5 heteroatoms. The van der Waals surface area contributed by atoms with Crippen molar-refractivity contribution in [2.75, 3.05) is 19.6 Å². The second kappa shape index (κ2) is 13.7. The molecular formula is C21H37N3O2. The number of hydrogen-bond donors (Lipinski definition) is 1. The minimum absolute atomic E-state index is 0.0689. The molecule has 1 unspecified atom stereocenters. The molecule has 1 atom stereocenters. The number of hydrogen-bond acceptors (Lipinski definition) is 4. The van der Waals surface area contributed by atoms with Gasteiger partial charge in [-0.1, -0.05) is 57.1 Å². The number of nitrogens with zero attached hydrogens (tertiary/aromatic N) is 2. The second-order valence-corrected chi connectivity index (χ2v) is 7.21. The third-order valence-corrected chi connectivity index (χ3v) is 5.04. The predicted octanol–water partition coefficient (Wildman–Crippen LogP) is 3.26. The van der Waals surface area contributed by atoms with Crippen molar-refractivity contribution in [1.29, 1.82) is 0 Å². The van der Waals surface area contributed by atoms with Gasteiger partial charge in [0.05, 0.1) is 12.2 Å². The summed E-state index contributed by atoms with van der Waals surface area (Å²) < 4.78 is 0.242. The van der Waals surface area contributed by atoms with Crippen LogP contribution in [-0.2, 0) is 4.79 Å². The Morgan fingerprint density at radius 3 is 2.31 bits per heavy atom. The molecule has 1 heterocycles. The molecule has 1 aliphatic heterocycles. The lowest BCUT2D eigenvalue weighted by atomic mass is 10.1. The number of carbonyl (C=O) groups excluding carboxylic acids is 1. The number of carboxylic acids is 1. The number of carboxylic acid groups (broad SMARTS) is 1. The topological polar surface area (TPSA) is 78.5 Å². The Labute approximate surface area is 159 Å². The Balaban J connectivity index is 2.11. The zero-order valence-electron chi connectivity index (χ0n) is 16.5. The van der Waals surface area contributed by atoms with Gasteiger partial charge in [0.1, 0.15) is 19.3 Å². The summed E-state index contributed by atoms with van der Waals surface area (Å²) in [5, 5.41) is 11.1. The van der Waals surface area contributed by atoms with Crippen LogP contribution in [0.3, 0.4) is 0 Å². The summed E-state index contributed by atoms with van der Waals surface area (Å²) in [6, 6.07) is 0. The van der Waals surface area contributed by atoms with Gasteiger partial charge in [-0.15, -0.1) is 0 Å². The van der Waals surface area contributed by atoms with Crippen molar-refractivity contribution in [2.45, 2.75) is 77.6 Å². The van der Waals surface area contributed by atoms with Gasteiger partial charge in [0.2, 0.25) is 5.84 Å². The molecule has 0 bridgehead atoms. The first-order valence-corrected chi connectivity index (χ1v) is 10.3. The minimum Gasteiger partial charge on any atom is -0.544 e. The fraction of sp³-hybridized carbons (Fsp3) is 0.714. The lowest BCUT2D eigenvalue weighted by Gasteiger charge is -2.32. The number of aliphatic carboxylic acids is 1. The van der Waals surface area contributed by atoms with E-state index in [2.05, 4.69) is 24.1 Å². The number of amidine groups is 1. The second-order valence-electron chi connectivity index (χ2n) is 7.21. The smallest absolute Gasteiger partial charge is 0.207 e. The number of nitrogens with two attached hydrogens (primary N) is 1. The van der Waals surface area contributed by atoms with E-state index in [0.29, 0.717) is 13.1 Å². The first-order valence-electron chi connectivity index (χ1n) is 10.3. The van der Waals surface area contributed by atoms with Gasteiger partial charge in [-0.25, -0.2) is 9.48 Å². The molecule has 0 fully saturated rings. The van der Waals surface area contributed by atoms with Crippen LogP contribution >= 0.6 is 0 Å². The average Bonchev–Trinajstić information content (AvgIpc) is 2.97. The van der Waals surface area contributed by atoms with Crippen LogP contribution in [0, 0.1) is 0 Å². The van der Waals surface area contributed by atoms with Gasteiger partial charge in [0, 0.05) is 13.0 Å². The zero-order chi connectivity index (χ0) is 19.1. The Morgan fingerprint density at radius 2 is 1.73 bits per heavy atom. The maximum absolute atomic E-state index is 11.1. The quantitative estimate of drug-likeness (QED) is 0.260. The van der Waals surface area contributed by atoms with Gasteiger partial charge in [-0.05, 0) is 26.2 Å². The number of unbranched alkanes of at least 4 members (excludes halogenated alkanes) is 9. The van der Waals surface area contributed by atoms with Crippen LogP contribution in [-0.4, -0.2) is 35.9 Å². The highest BCUT2D eigenvalue weighted by Crippen LogP contribution is 2.21. The Bertz CT molecular complexity index is 486. The third-order valence-electron chi connectivity index (χ3n) is 5.04. The maximum atomic E-state index is 11.1. The number of allylic oxidation sites excluding steroid dienone is 2. The SMILES string of the molecule is C/C=C/CCCCCCCCCCCC1=NC=C[N+]1(CCN)CC(=O)[O-]. The molecule has 2 N–H and O–H groups in total. The Kier molecular flexibility index (Phi) is 11.9. The van der Waals surface area contributed by atoms with Crippen molar-refractivity contribution in [3.8, 4) is 0 Å². The van der Waals surface area contributed by atoms with Crippen LogP contribution in [0.15, 0.2) is 29.5 Å². The molecule has 1 aliphatic rings. The molecular weight excluding hydrogens is 326 g/mol. The van der Waals surface area contributed by atoms with Crippen LogP contribution in [0.1, 0.15) is 77.6 Å². The van der Waals surface area contributed by atoms with E-state index in [1.807, 2.05) is 6.20 Å². The highest BCUT2D eigenvalue weighted by Gasteiger charge is 2.34. The number of quaternary nitrogens is 1. The number of carbonyl (C=O) groups is 1. The molecule has 0 saturated heterocycles. The van der Waals surface area contributed by atoms with E-state index in [1.165, 1.54) is 57.8 Å². The maximum Gasteiger partial charge on any atom is 0.207 e. The largest absolute Gasteiger partial charge is 0.544 e. The molecule has 0 aliphatic carbocycles. The Morgan fingerprint density at radius 1 is 1.12 bits per heavy atom. The molecule has 0 radical (unpaired) electrons. The van der Waals surface area contributed by atoms with Gasteiger partial charge in [-0.2, -0.15) is 0 Å². The van der Waals surface area contributed by atoms with Gasteiger partial charge < -0.3 is 15.6 Å². The first-order chi connectivity index (χ1) is 12.6. The van der Waals surface area contributed by atoms with Crippen molar-refractivity contribution in [3.05, 3.63) is 24.6 Å². The van der Waals surface area contributed by atoms with Crippen molar-refractivity contribution in [2.24, 2.45) is 10.7 Å². The molecule has 26 heavy (non-hydrogen) atoms. The number of aliphatic imine (C=N–C) groups is 1. The van der Waals surface area contributed by atoms with Gasteiger partial charge in [0.15, 0.2) is 0 Å². The third kappa shape index (κ3) is 8.77. The van der Waals surface area contributed by atoms with Crippen molar-refractivity contribution in [3.63, 3.8) is 0 Å². The van der Waals surface area contributed by atoms with Crippen molar-refractivity contribution in [1.82, 2.24) is 0 Å². The fourth-order valence-corrected chi connectivity index (χ4v) is 3.57. The van der Waals surface area contributed by atoms with Crippen LogP contribution < -0.4 is 10.8 Å². The van der Waals surface area contributed by atoms with E-state index in [0.717, 1.165) is 18.7 Å². The monoisotopic (exact) mass is 363 g/mol. The summed E-state index contributed by atoms with van der Waals surface area (Å²) in [5.41, 5.74) is 5.68. The van der Waals surface area contributed by atoms with Gasteiger partial charge >= 0.3 is 0 Å². The lowest BCUT2D eigenvalue weighted by molar-refractivity contribution is -0.780. The van der Waals surface area contributed by atoms with Crippen molar-refractivity contribution >= 4 is 11.8 Å². The van der Waals surface area contributed by atoms with E-state index in [4.69, 9.17) is 5.73 Å². The van der Waals surface area contributed by atoms with E-state index in [1.54, 1.807) is 6.20 Å². The Hall–Kier alpha value is -1.46. The van der Waals surface area contributed by atoms with Gasteiger partial charge in [0.25, 0.3) is 0 Å². The summed E-state index contributed by atoms with van der Waals surface area (Å²) in [4.78, 5) is 15.5. The predicted molar refractivity (Wildman–Crippen MR) is 106 cm³/mol. The van der Waals surface area contributed by atoms with Crippen LogP contribution in [0.25, 0.3) is 0 Å². The molecule has 0 spiro atoms. The van der Waals surface area contributed by atoms with E-state index < -0.39 is 5.97 Å². The molecule has 0 saturated carbocycles. The average molecular weight is 364 g/mol. The molecule has 1 rings (SSSR count). The van der Waals surface area contributed by atoms with Crippen LogP contribution in [0.2, 0.25) is 0 Å². The highest BCUT2D eigenvalue weighted by molar-refractivity contribution is 5.80. The summed E-state index contributed by atoms with van der Waals surface area (Å²) in [7, 11) is 0. The van der Waals surface area contributed by atoms with Crippen LogP contribution in [0.5, 0.6) is 0 Å². The molecule has 148 valence electrons. The molecule has 5 nitrogen and oxygen atoms in total. The van der Waals surface area contributed by atoms with E-state index >= 15 is 0 Å². The number of rotatable bonds is 16. The highest BCUT2D eigenvalue weighted by atomic mass is 16.4. The minimum atomic E-state index is -1.05. The summed E-state index contributed by atoms with van der Waals surface area (Å²) in [6.45, 7) is 3.01. The van der Waals surface area contributed by atoms with Crippen molar-refractivity contribution < 1.29 is 14.4 Å². The summed E-state index contributed by atoms with van der Waals surface area (Å²) >= 11 is 0. The summed E-state index contributed by atoms with van der Waals surface area (Å²) in [5.74, 6) is -0.135. The molecule has 0 amide bonds. The normalized spacial score (nSPS) is 19.4. The van der Waals surface area contributed by atoms with E-state index in [-0.39, 0.29) is 11.0 Å². The lowest BCUT2D eigenvalue weighted by Crippen LogP contribution is -2.55. The fourth-order valence-electron chi connectivity index (χ4n) is 3.57.